The molecule has 1 aromatic carbocycles. The van der Waals surface area contributed by atoms with Gasteiger partial charge in [-0.15, -0.1) is 0 Å². The summed E-state index contributed by atoms with van der Waals surface area (Å²) in [5, 5.41) is 3.49. The summed E-state index contributed by atoms with van der Waals surface area (Å²) in [5.41, 5.74) is 8.31. The number of hydrogen-bond acceptors (Lipinski definition) is 3. The SMILES string of the molecule is NC(=O)C1CCCN(C2CCNCc3ccccc32)C1. The van der Waals surface area contributed by atoms with Gasteiger partial charge in [0.25, 0.3) is 0 Å². The Morgan fingerprint density at radius 3 is 3.00 bits per heavy atom. The Bertz CT molecular complexity index is 488. The first kappa shape index (κ1) is 13.6. The summed E-state index contributed by atoms with van der Waals surface area (Å²) >= 11 is 0. The number of fused-ring (bicyclic) bond motifs is 1. The van der Waals surface area contributed by atoms with Crippen LogP contribution in [-0.4, -0.2) is 30.4 Å². The van der Waals surface area contributed by atoms with Crippen molar-refractivity contribution in [2.75, 3.05) is 19.6 Å². The fourth-order valence-electron chi connectivity index (χ4n) is 3.54. The highest BCUT2D eigenvalue weighted by atomic mass is 16.1. The molecule has 1 saturated heterocycles. The molecule has 3 N–H and O–H groups in total. The van der Waals surface area contributed by atoms with Gasteiger partial charge in [0.2, 0.25) is 5.91 Å². The van der Waals surface area contributed by atoms with Crippen LogP contribution in [0.25, 0.3) is 0 Å². The molecule has 2 aliphatic heterocycles. The van der Waals surface area contributed by atoms with Crippen molar-refractivity contribution in [1.82, 2.24) is 10.2 Å². The number of primary amides is 1. The molecule has 4 nitrogen and oxygen atoms in total. The number of nitrogens with one attached hydrogen (secondary N) is 1. The van der Waals surface area contributed by atoms with Gasteiger partial charge in [-0.2, -0.15) is 0 Å². The van der Waals surface area contributed by atoms with Gasteiger partial charge in [0.05, 0.1) is 5.92 Å². The average Bonchev–Trinajstić information content (AvgIpc) is 2.69. The molecule has 3 rings (SSSR count). The molecule has 0 saturated carbocycles. The number of carbonyl (C=O) groups is 1. The third-order valence-electron chi connectivity index (χ3n) is 4.62. The summed E-state index contributed by atoms with van der Waals surface area (Å²) in [6.07, 6.45) is 3.11. The second kappa shape index (κ2) is 5.94. The standard InChI is InChI=1S/C16H23N3O/c17-16(20)13-5-3-9-19(11-13)15-7-8-18-10-12-4-1-2-6-14(12)15/h1-2,4,6,13,15,18H,3,5,7-11H2,(H2,17,20). The van der Waals surface area contributed by atoms with E-state index < -0.39 is 0 Å². The zero-order valence-corrected chi connectivity index (χ0v) is 11.8. The lowest BCUT2D eigenvalue weighted by molar-refractivity contribution is -0.123. The van der Waals surface area contributed by atoms with Gasteiger partial charge in [-0.3, -0.25) is 9.69 Å². The smallest absolute Gasteiger partial charge is 0.221 e. The van der Waals surface area contributed by atoms with E-state index in [0.29, 0.717) is 6.04 Å². The van der Waals surface area contributed by atoms with Crippen LogP contribution in [0.4, 0.5) is 0 Å². The van der Waals surface area contributed by atoms with Crippen LogP contribution in [0.2, 0.25) is 0 Å². The monoisotopic (exact) mass is 273 g/mol. The van der Waals surface area contributed by atoms with Gasteiger partial charge in [-0.25, -0.2) is 0 Å². The lowest BCUT2D eigenvalue weighted by atomic mass is 9.92. The summed E-state index contributed by atoms with van der Waals surface area (Å²) in [4.78, 5) is 13.9. The fraction of sp³-hybridized carbons (Fsp3) is 0.562. The molecule has 2 aliphatic rings. The van der Waals surface area contributed by atoms with Crippen molar-refractivity contribution in [3.63, 3.8) is 0 Å². The average molecular weight is 273 g/mol. The van der Waals surface area contributed by atoms with E-state index in [0.717, 1.165) is 45.4 Å². The van der Waals surface area contributed by atoms with Gasteiger partial charge in [0.1, 0.15) is 0 Å². The first-order valence-electron chi connectivity index (χ1n) is 7.57. The molecule has 1 amide bonds. The molecule has 1 aromatic rings. The minimum Gasteiger partial charge on any atom is -0.369 e. The third-order valence-corrected chi connectivity index (χ3v) is 4.62. The second-order valence-electron chi connectivity index (χ2n) is 5.92. The van der Waals surface area contributed by atoms with Crippen LogP contribution in [-0.2, 0) is 11.3 Å². The Morgan fingerprint density at radius 2 is 2.15 bits per heavy atom. The van der Waals surface area contributed by atoms with Gasteiger partial charge >= 0.3 is 0 Å². The highest BCUT2D eigenvalue weighted by Crippen LogP contribution is 2.32. The van der Waals surface area contributed by atoms with E-state index in [1.54, 1.807) is 0 Å². The number of piperidine rings is 1. The van der Waals surface area contributed by atoms with Gasteiger partial charge in [-0.05, 0) is 43.5 Å². The van der Waals surface area contributed by atoms with Crippen molar-refractivity contribution >= 4 is 5.91 Å². The largest absolute Gasteiger partial charge is 0.369 e. The lowest BCUT2D eigenvalue weighted by Gasteiger charge is -2.37. The molecular weight excluding hydrogens is 250 g/mol. The lowest BCUT2D eigenvalue weighted by Crippen LogP contribution is -2.43. The van der Waals surface area contributed by atoms with Crippen molar-refractivity contribution in [3.8, 4) is 0 Å². The molecule has 0 aliphatic carbocycles. The number of hydrogen-bond donors (Lipinski definition) is 2. The van der Waals surface area contributed by atoms with Crippen LogP contribution in [0.15, 0.2) is 24.3 Å². The zero-order valence-electron chi connectivity index (χ0n) is 11.8. The van der Waals surface area contributed by atoms with E-state index >= 15 is 0 Å². The van der Waals surface area contributed by atoms with E-state index in [1.165, 1.54) is 11.1 Å². The van der Waals surface area contributed by atoms with Gasteiger partial charge in [0.15, 0.2) is 0 Å². The maximum Gasteiger partial charge on any atom is 0.221 e. The molecule has 1 fully saturated rings. The number of rotatable bonds is 2. The fourth-order valence-corrected chi connectivity index (χ4v) is 3.54. The summed E-state index contributed by atoms with van der Waals surface area (Å²) in [7, 11) is 0. The molecule has 20 heavy (non-hydrogen) atoms. The Balaban J connectivity index is 1.84. The number of nitrogens with zero attached hydrogens (tertiary/aromatic N) is 1. The summed E-state index contributed by atoms with van der Waals surface area (Å²) < 4.78 is 0. The Hall–Kier alpha value is -1.39. The van der Waals surface area contributed by atoms with Crippen LogP contribution >= 0.6 is 0 Å². The highest BCUT2D eigenvalue weighted by Gasteiger charge is 2.30. The molecule has 0 radical (unpaired) electrons. The second-order valence-corrected chi connectivity index (χ2v) is 5.92. The van der Waals surface area contributed by atoms with Crippen LogP contribution in [0, 0.1) is 5.92 Å². The first-order valence-corrected chi connectivity index (χ1v) is 7.57. The van der Waals surface area contributed by atoms with Crippen LogP contribution < -0.4 is 11.1 Å². The van der Waals surface area contributed by atoms with E-state index in [-0.39, 0.29) is 11.8 Å². The van der Waals surface area contributed by atoms with Crippen molar-refractivity contribution < 1.29 is 4.79 Å². The molecule has 108 valence electrons. The molecule has 0 aromatic heterocycles. The number of amides is 1. The number of likely N-dealkylation sites (tertiary alicyclic amines) is 1. The summed E-state index contributed by atoms with van der Waals surface area (Å²) in [6, 6.07) is 9.08. The topological polar surface area (TPSA) is 58.4 Å². The summed E-state index contributed by atoms with van der Waals surface area (Å²) in [5.74, 6) is -0.123. The molecular formula is C16H23N3O. The molecule has 2 atom stereocenters. The zero-order chi connectivity index (χ0) is 13.9. The quantitative estimate of drug-likeness (QED) is 0.857. The van der Waals surface area contributed by atoms with Gasteiger partial charge in [0, 0.05) is 19.1 Å². The number of benzene rings is 1. The van der Waals surface area contributed by atoms with E-state index in [1.807, 2.05) is 0 Å². The number of carbonyl (C=O) groups excluding carboxylic acids is 1. The normalized spacial score (nSPS) is 27.6. The highest BCUT2D eigenvalue weighted by molar-refractivity contribution is 5.76. The maximum absolute atomic E-state index is 11.5. The van der Waals surface area contributed by atoms with Gasteiger partial charge in [-0.1, -0.05) is 24.3 Å². The summed E-state index contributed by atoms with van der Waals surface area (Å²) in [6.45, 7) is 3.86. The Kier molecular flexibility index (Phi) is 4.03. The van der Waals surface area contributed by atoms with Crippen LogP contribution in [0.1, 0.15) is 36.4 Å². The molecule has 4 heteroatoms. The number of nitrogens with two attached hydrogens (primary N) is 1. The van der Waals surface area contributed by atoms with Crippen molar-refractivity contribution in [1.29, 1.82) is 0 Å². The predicted molar refractivity (Wildman–Crippen MR) is 79.0 cm³/mol. The van der Waals surface area contributed by atoms with E-state index in [9.17, 15) is 4.79 Å². The minimum atomic E-state index is -0.144. The molecule has 2 heterocycles. The molecule has 0 spiro atoms. The van der Waals surface area contributed by atoms with Crippen LogP contribution in [0.3, 0.4) is 0 Å². The molecule has 2 unspecified atom stereocenters. The Morgan fingerprint density at radius 1 is 1.30 bits per heavy atom. The third kappa shape index (κ3) is 2.72. The van der Waals surface area contributed by atoms with Crippen molar-refractivity contribution in [2.45, 2.75) is 31.8 Å². The minimum absolute atomic E-state index is 0.0205. The van der Waals surface area contributed by atoms with Gasteiger partial charge < -0.3 is 11.1 Å². The van der Waals surface area contributed by atoms with E-state index in [2.05, 4.69) is 34.5 Å². The first-order chi connectivity index (χ1) is 9.75. The van der Waals surface area contributed by atoms with Crippen molar-refractivity contribution in [3.05, 3.63) is 35.4 Å². The van der Waals surface area contributed by atoms with Crippen LogP contribution in [0.5, 0.6) is 0 Å². The molecule has 0 bridgehead atoms. The predicted octanol–water partition coefficient (Wildman–Crippen LogP) is 1.42. The van der Waals surface area contributed by atoms with E-state index in [4.69, 9.17) is 5.73 Å². The Labute approximate surface area is 120 Å². The van der Waals surface area contributed by atoms with Crippen molar-refractivity contribution in [2.24, 2.45) is 11.7 Å². The maximum atomic E-state index is 11.5.